The number of nitrogens with one attached hydrogen (secondary N) is 1. The summed E-state index contributed by atoms with van der Waals surface area (Å²) in [5.41, 5.74) is 4.66. The Morgan fingerprint density at radius 1 is 1.19 bits per heavy atom. The molecule has 9 nitrogen and oxygen atoms in total. The average Bonchev–Trinajstić information content (AvgIpc) is 2.71. The number of amides is 2. The van der Waals surface area contributed by atoms with E-state index >= 15 is 0 Å². The Bertz CT molecular complexity index is 933. The van der Waals surface area contributed by atoms with Gasteiger partial charge in [0.15, 0.2) is 5.69 Å². The van der Waals surface area contributed by atoms with Gasteiger partial charge in [0.25, 0.3) is 5.56 Å². The molecule has 0 aromatic carbocycles. The van der Waals surface area contributed by atoms with Gasteiger partial charge < -0.3 is 15.5 Å². The minimum Gasteiger partial charge on any atom is -0.383 e. The van der Waals surface area contributed by atoms with E-state index in [1.54, 1.807) is 0 Å². The lowest BCUT2D eigenvalue weighted by atomic mass is 9.90. The number of rotatable bonds is 7. The summed E-state index contributed by atoms with van der Waals surface area (Å²) in [5, 5.41) is 0. The highest BCUT2D eigenvalue weighted by molar-refractivity contribution is 5.97. The molecule has 0 radical (unpaired) electrons. The number of unbranched alkanes of at least 4 members (excludes halogenated alkanes) is 1. The molecule has 1 aliphatic rings. The van der Waals surface area contributed by atoms with E-state index in [-0.39, 0.29) is 35.2 Å². The zero-order valence-corrected chi connectivity index (χ0v) is 20.4. The molecule has 2 amide bonds. The number of nitrogen functional groups attached to an aromatic ring is 1. The number of carbonyl (C=O) groups is 2. The Hall–Kier alpha value is -2.58. The van der Waals surface area contributed by atoms with Crippen LogP contribution in [0.2, 0.25) is 0 Å². The molecular formula is C23H39N5O4. The van der Waals surface area contributed by atoms with Crippen LogP contribution in [0, 0.1) is 17.3 Å². The van der Waals surface area contributed by atoms with Crippen LogP contribution >= 0.6 is 0 Å². The number of likely N-dealkylation sites (tertiary alicyclic amines) is 1. The average molecular weight is 450 g/mol. The van der Waals surface area contributed by atoms with Gasteiger partial charge in [0.2, 0.25) is 11.8 Å². The van der Waals surface area contributed by atoms with Crippen molar-refractivity contribution in [1.29, 1.82) is 0 Å². The molecular weight excluding hydrogens is 410 g/mol. The molecule has 0 bridgehead atoms. The van der Waals surface area contributed by atoms with Crippen LogP contribution < -0.4 is 21.9 Å². The Morgan fingerprint density at radius 2 is 1.78 bits per heavy atom. The van der Waals surface area contributed by atoms with E-state index in [4.69, 9.17) is 5.73 Å². The molecule has 0 saturated carbocycles. The van der Waals surface area contributed by atoms with E-state index in [0.29, 0.717) is 45.4 Å². The van der Waals surface area contributed by atoms with E-state index in [1.807, 2.05) is 46.4 Å². The lowest BCUT2D eigenvalue weighted by Gasteiger charge is -2.37. The Kier molecular flexibility index (Phi) is 8.31. The fourth-order valence-corrected chi connectivity index (χ4v) is 4.06. The summed E-state index contributed by atoms with van der Waals surface area (Å²) in [6.07, 6.45) is 2.61. The third-order valence-corrected chi connectivity index (χ3v) is 5.81. The predicted octanol–water partition coefficient (Wildman–Crippen LogP) is 2.19. The van der Waals surface area contributed by atoms with Gasteiger partial charge in [-0.3, -0.25) is 23.9 Å². The number of nitrogens with two attached hydrogens (primary N) is 1. The number of anilines is 2. The maximum absolute atomic E-state index is 13.5. The van der Waals surface area contributed by atoms with Crippen LogP contribution in [0.4, 0.5) is 11.5 Å². The summed E-state index contributed by atoms with van der Waals surface area (Å²) in [7, 11) is 0. The molecule has 1 aromatic heterocycles. The van der Waals surface area contributed by atoms with Crippen LogP contribution in [-0.2, 0) is 16.1 Å². The quantitative estimate of drug-likeness (QED) is 0.661. The normalized spacial score (nSPS) is 15.3. The van der Waals surface area contributed by atoms with Crippen molar-refractivity contribution in [1.82, 2.24) is 14.5 Å². The molecule has 1 aromatic rings. The van der Waals surface area contributed by atoms with Crippen LogP contribution in [0.1, 0.15) is 67.2 Å². The first kappa shape index (κ1) is 25.7. The number of hydrogen-bond acceptors (Lipinski definition) is 5. The van der Waals surface area contributed by atoms with Crippen LogP contribution in [-0.4, -0.2) is 45.9 Å². The Labute approximate surface area is 190 Å². The topological polar surface area (TPSA) is 121 Å². The van der Waals surface area contributed by atoms with Gasteiger partial charge in [0.05, 0.1) is 0 Å². The molecule has 0 unspecified atom stereocenters. The number of hydrogen-bond donors (Lipinski definition) is 2. The van der Waals surface area contributed by atoms with Crippen molar-refractivity contribution < 1.29 is 9.59 Å². The standard InChI is InChI=1S/C23H39N5O4/c1-7-8-11-27(17-18(24)28(14-15(2)3)22(32)25-19(17)29)20(30)16-9-12-26(13-10-16)21(31)23(4,5)6/h15-16H,7-14,24H2,1-6H3,(H,25,29,32). The minimum absolute atomic E-state index is 0.0252. The monoisotopic (exact) mass is 449 g/mol. The first-order chi connectivity index (χ1) is 14.9. The van der Waals surface area contributed by atoms with Crippen LogP contribution in [0.5, 0.6) is 0 Å². The third kappa shape index (κ3) is 5.81. The second-order valence-electron chi connectivity index (χ2n) is 10.2. The van der Waals surface area contributed by atoms with Crippen molar-refractivity contribution in [3.05, 3.63) is 20.8 Å². The van der Waals surface area contributed by atoms with Gasteiger partial charge in [-0.15, -0.1) is 0 Å². The summed E-state index contributed by atoms with van der Waals surface area (Å²) < 4.78 is 1.33. The maximum Gasteiger partial charge on any atom is 0.330 e. The number of carbonyl (C=O) groups excluding carboxylic acids is 2. The lowest BCUT2D eigenvalue weighted by Crippen LogP contribution is -2.49. The fourth-order valence-electron chi connectivity index (χ4n) is 4.06. The van der Waals surface area contributed by atoms with Gasteiger partial charge >= 0.3 is 5.69 Å². The molecule has 0 aliphatic carbocycles. The molecule has 1 fully saturated rings. The number of aromatic nitrogens is 2. The highest BCUT2D eigenvalue weighted by atomic mass is 16.2. The van der Waals surface area contributed by atoms with Gasteiger partial charge in [0, 0.05) is 37.5 Å². The SMILES string of the molecule is CCCCN(C(=O)C1CCN(C(=O)C(C)(C)C)CC1)c1c(N)n(CC(C)C)c(=O)[nH]c1=O. The Morgan fingerprint density at radius 3 is 2.28 bits per heavy atom. The van der Waals surface area contributed by atoms with Crippen LogP contribution in [0.3, 0.4) is 0 Å². The second kappa shape index (κ2) is 10.4. The van der Waals surface area contributed by atoms with E-state index < -0.39 is 16.7 Å². The Balaban J connectivity index is 2.34. The van der Waals surface area contributed by atoms with Crippen LogP contribution in [0.25, 0.3) is 0 Å². The van der Waals surface area contributed by atoms with Crippen molar-refractivity contribution in [3.8, 4) is 0 Å². The van der Waals surface area contributed by atoms with Gasteiger partial charge in [-0.25, -0.2) is 4.79 Å². The van der Waals surface area contributed by atoms with Crippen LogP contribution in [0.15, 0.2) is 9.59 Å². The van der Waals surface area contributed by atoms with Gasteiger partial charge in [-0.2, -0.15) is 0 Å². The number of piperidine rings is 1. The highest BCUT2D eigenvalue weighted by Gasteiger charge is 2.35. The third-order valence-electron chi connectivity index (χ3n) is 5.81. The summed E-state index contributed by atoms with van der Waals surface area (Å²) >= 11 is 0. The van der Waals surface area contributed by atoms with Gasteiger partial charge in [-0.1, -0.05) is 48.0 Å². The molecule has 9 heteroatoms. The van der Waals surface area contributed by atoms with Crippen molar-refractivity contribution >= 4 is 23.3 Å². The first-order valence-electron chi connectivity index (χ1n) is 11.6. The second-order valence-corrected chi connectivity index (χ2v) is 10.2. The lowest BCUT2D eigenvalue weighted by molar-refractivity contribution is -0.142. The van der Waals surface area contributed by atoms with E-state index in [1.165, 1.54) is 9.47 Å². The minimum atomic E-state index is -0.641. The molecule has 1 saturated heterocycles. The largest absolute Gasteiger partial charge is 0.383 e. The molecule has 0 atom stereocenters. The van der Waals surface area contributed by atoms with E-state index in [2.05, 4.69) is 4.98 Å². The van der Waals surface area contributed by atoms with Crippen molar-refractivity contribution in [2.75, 3.05) is 30.3 Å². The molecule has 180 valence electrons. The van der Waals surface area contributed by atoms with Crippen molar-refractivity contribution in [2.24, 2.45) is 17.3 Å². The summed E-state index contributed by atoms with van der Waals surface area (Å²) in [4.78, 5) is 56.8. The summed E-state index contributed by atoms with van der Waals surface area (Å²) in [6.45, 7) is 13.3. The highest BCUT2D eigenvalue weighted by Crippen LogP contribution is 2.27. The zero-order valence-electron chi connectivity index (χ0n) is 20.4. The molecule has 3 N–H and O–H groups in total. The molecule has 2 rings (SSSR count). The zero-order chi connectivity index (χ0) is 24.2. The van der Waals surface area contributed by atoms with Gasteiger partial charge in [-0.05, 0) is 25.2 Å². The summed E-state index contributed by atoms with van der Waals surface area (Å²) in [5.74, 6) is -0.239. The maximum atomic E-state index is 13.5. The molecule has 1 aliphatic heterocycles. The smallest absolute Gasteiger partial charge is 0.330 e. The number of nitrogens with zero attached hydrogens (tertiary/aromatic N) is 3. The van der Waals surface area contributed by atoms with Crippen molar-refractivity contribution in [3.63, 3.8) is 0 Å². The van der Waals surface area contributed by atoms with E-state index in [9.17, 15) is 19.2 Å². The molecule has 0 spiro atoms. The number of H-pyrrole nitrogens is 1. The predicted molar refractivity (Wildman–Crippen MR) is 127 cm³/mol. The summed E-state index contributed by atoms with van der Waals surface area (Å²) in [6, 6.07) is 0. The first-order valence-corrected chi connectivity index (χ1v) is 11.6. The fraction of sp³-hybridized carbons (Fsp3) is 0.739. The van der Waals surface area contributed by atoms with Crippen molar-refractivity contribution in [2.45, 2.75) is 73.8 Å². The van der Waals surface area contributed by atoms with Gasteiger partial charge in [0.1, 0.15) is 5.82 Å². The van der Waals surface area contributed by atoms with E-state index in [0.717, 1.165) is 6.42 Å². The molecule has 32 heavy (non-hydrogen) atoms. The molecule has 2 heterocycles. The number of aromatic amines is 1.